The van der Waals surface area contributed by atoms with Gasteiger partial charge in [-0.3, -0.25) is 10.1 Å². The van der Waals surface area contributed by atoms with Crippen LogP contribution >= 0.6 is 0 Å². The Balaban J connectivity index is 2.39. The average molecular weight is 284 g/mol. The van der Waals surface area contributed by atoms with E-state index >= 15 is 0 Å². The summed E-state index contributed by atoms with van der Waals surface area (Å²) < 4.78 is 5.78. The summed E-state index contributed by atoms with van der Waals surface area (Å²) in [6, 6.07) is 12.3. The van der Waals surface area contributed by atoms with Crippen molar-refractivity contribution in [2.75, 3.05) is 11.9 Å². The van der Waals surface area contributed by atoms with Crippen molar-refractivity contribution in [1.82, 2.24) is 0 Å². The molecule has 108 valence electrons. The highest BCUT2D eigenvalue weighted by Gasteiger charge is 2.19. The Bertz CT molecular complexity index is 654. The van der Waals surface area contributed by atoms with Crippen LogP contribution in [0.4, 0.5) is 11.4 Å². The molecule has 0 radical (unpaired) electrons. The molecule has 5 nitrogen and oxygen atoms in total. The SMILES string of the molecule is C=CCNc1c([N+](=O)[O-])ccc(Oc2ccccc2)c1C. The maximum atomic E-state index is 11.1. The first-order chi connectivity index (χ1) is 10.1. The summed E-state index contributed by atoms with van der Waals surface area (Å²) in [5.74, 6) is 1.27. The van der Waals surface area contributed by atoms with Crippen molar-refractivity contribution in [3.8, 4) is 11.5 Å². The Kier molecular flexibility index (Phi) is 4.56. The van der Waals surface area contributed by atoms with E-state index in [9.17, 15) is 10.1 Å². The van der Waals surface area contributed by atoms with Crippen molar-refractivity contribution in [3.05, 3.63) is 70.8 Å². The number of ether oxygens (including phenoxy) is 1. The highest BCUT2D eigenvalue weighted by atomic mass is 16.6. The van der Waals surface area contributed by atoms with Gasteiger partial charge in [0.15, 0.2) is 0 Å². The third kappa shape index (κ3) is 3.39. The molecule has 0 aliphatic rings. The molecule has 0 heterocycles. The second-order valence-electron chi connectivity index (χ2n) is 4.42. The van der Waals surface area contributed by atoms with Gasteiger partial charge in [-0.1, -0.05) is 24.3 Å². The van der Waals surface area contributed by atoms with E-state index in [1.165, 1.54) is 6.07 Å². The first-order valence-electron chi connectivity index (χ1n) is 6.49. The van der Waals surface area contributed by atoms with E-state index in [4.69, 9.17) is 4.74 Å². The third-order valence-corrected chi connectivity index (χ3v) is 2.98. The normalized spacial score (nSPS) is 9.95. The molecule has 21 heavy (non-hydrogen) atoms. The van der Waals surface area contributed by atoms with Gasteiger partial charge in [-0.05, 0) is 25.1 Å². The number of hydrogen-bond donors (Lipinski definition) is 1. The van der Waals surface area contributed by atoms with Crippen LogP contribution in [0.15, 0.2) is 55.1 Å². The molecule has 1 N–H and O–H groups in total. The Labute approximate surface area is 123 Å². The van der Waals surface area contributed by atoms with Crippen molar-refractivity contribution in [3.63, 3.8) is 0 Å². The summed E-state index contributed by atoms with van der Waals surface area (Å²) in [6.07, 6.45) is 1.65. The third-order valence-electron chi connectivity index (χ3n) is 2.98. The minimum atomic E-state index is -0.412. The molecular weight excluding hydrogens is 268 g/mol. The summed E-state index contributed by atoms with van der Waals surface area (Å²) in [7, 11) is 0. The number of para-hydroxylation sites is 1. The van der Waals surface area contributed by atoms with Crippen LogP contribution in [0, 0.1) is 17.0 Å². The second-order valence-corrected chi connectivity index (χ2v) is 4.42. The number of anilines is 1. The van der Waals surface area contributed by atoms with Crippen LogP contribution in [0.1, 0.15) is 5.56 Å². The Morgan fingerprint density at radius 1 is 1.29 bits per heavy atom. The van der Waals surface area contributed by atoms with E-state index in [1.807, 2.05) is 30.3 Å². The molecule has 0 fully saturated rings. The molecule has 0 amide bonds. The van der Waals surface area contributed by atoms with E-state index in [0.29, 0.717) is 29.3 Å². The smallest absolute Gasteiger partial charge is 0.292 e. The standard InChI is InChI=1S/C16H16N2O3/c1-3-11-17-16-12(2)15(10-9-14(16)18(19)20)21-13-7-5-4-6-8-13/h3-10,17H,1,11H2,2H3. The van der Waals surface area contributed by atoms with E-state index in [0.717, 1.165) is 0 Å². The Hall–Kier alpha value is -2.82. The Morgan fingerprint density at radius 2 is 2.00 bits per heavy atom. The van der Waals surface area contributed by atoms with Crippen LogP contribution in [-0.2, 0) is 0 Å². The molecule has 2 aromatic carbocycles. The van der Waals surface area contributed by atoms with Crippen LogP contribution in [0.25, 0.3) is 0 Å². The molecule has 0 unspecified atom stereocenters. The fourth-order valence-corrected chi connectivity index (χ4v) is 1.95. The molecule has 5 heteroatoms. The number of nitrogens with zero attached hydrogens (tertiary/aromatic N) is 1. The number of benzene rings is 2. The molecule has 0 aliphatic heterocycles. The summed E-state index contributed by atoms with van der Waals surface area (Å²) in [6.45, 7) is 5.84. The number of nitro groups is 1. The highest BCUT2D eigenvalue weighted by Crippen LogP contribution is 2.36. The largest absolute Gasteiger partial charge is 0.457 e. The number of rotatable bonds is 6. The van der Waals surface area contributed by atoms with E-state index in [1.54, 1.807) is 19.1 Å². The van der Waals surface area contributed by atoms with Crippen molar-refractivity contribution in [2.45, 2.75) is 6.92 Å². The van der Waals surface area contributed by atoms with Gasteiger partial charge in [0.05, 0.1) is 4.92 Å². The summed E-state index contributed by atoms with van der Waals surface area (Å²) in [5.41, 5.74) is 1.16. The van der Waals surface area contributed by atoms with Crippen molar-refractivity contribution >= 4 is 11.4 Å². The predicted octanol–water partition coefficient (Wildman–Crippen LogP) is 4.29. The summed E-state index contributed by atoms with van der Waals surface area (Å²) in [4.78, 5) is 10.7. The van der Waals surface area contributed by atoms with Crippen LogP contribution < -0.4 is 10.1 Å². The van der Waals surface area contributed by atoms with E-state index in [2.05, 4.69) is 11.9 Å². The number of nitrogens with one attached hydrogen (secondary N) is 1. The predicted molar refractivity (Wildman–Crippen MR) is 83.0 cm³/mol. The van der Waals surface area contributed by atoms with Crippen molar-refractivity contribution in [2.24, 2.45) is 0 Å². The average Bonchev–Trinajstić information content (AvgIpc) is 2.48. The van der Waals surface area contributed by atoms with Gasteiger partial charge in [0.25, 0.3) is 5.69 Å². The lowest BCUT2D eigenvalue weighted by Gasteiger charge is -2.13. The fraction of sp³-hybridized carbons (Fsp3) is 0.125. The number of nitro benzene ring substituents is 1. The lowest BCUT2D eigenvalue weighted by atomic mass is 10.1. The molecule has 2 aromatic rings. The number of hydrogen-bond acceptors (Lipinski definition) is 4. The van der Waals surface area contributed by atoms with Crippen molar-refractivity contribution < 1.29 is 9.66 Å². The van der Waals surface area contributed by atoms with Crippen LogP contribution in [-0.4, -0.2) is 11.5 Å². The van der Waals surface area contributed by atoms with Gasteiger partial charge in [-0.25, -0.2) is 0 Å². The van der Waals surface area contributed by atoms with Gasteiger partial charge in [0.2, 0.25) is 0 Å². The van der Waals surface area contributed by atoms with Gasteiger partial charge >= 0.3 is 0 Å². The molecule has 0 spiro atoms. The molecule has 0 aromatic heterocycles. The lowest BCUT2D eigenvalue weighted by molar-refractivity contribution is -0.384. The summed E-state index contributed by atoms with van der Waals surface area (Å²) >= 11 is 0. The minimum Gasteiger partial charge on any atom is -0.457 e. The topological polar surface area (TPSA) is 64.4 Å². The monoisotopic (exact) mass is 284 g/mol. The van der Waals surface area contributed by atoms with Gasteiger partial charge in [0.1, 0.15) is 17.2 Å². The lowest BCUT2D eigenvalue weighted by Crippen LogP contribution is -2.05. The minimum absolute atomic E-state index is 0.0229. The van der Waals surface area contributed by atoms with Crippen molar-refractivity contribution in [1.29, 1.82) is 0 Å². The first kappa shape index (κ1) is 14.6. The van der Waals surface area contributed by atoms with E-state index in [-0.39, 0.29) is 5.69 Å². The first-order valence-corrected chi connectivity index (χ1v) is 6.49. The summed E-state index contributed by atoms with van der Waals surface area (Å²) in [5, 5.41) is 14.1. The zero-order valence-electron chi connectivity index (χ0n) is 11.7. The quantitative estimate of drug-likeness (QED) is 0.488. The Morgan fingerprint density at radius 3 is 2.62 bits per heavy atom. The van der Waals surface area contributed by atoms with Crippen LogP contribution in [0.2, 0.25) is 0 Å². The molecular formula is C16H16N2O3. The zero-order chi connectivity index (χ0) is 15.2. The maximum absolute atomic E-state index is 11.1. The molecule has 0 aliphatic carbocycles. The highest BCUT2D eigenvalue weighted by molar-refractivity contribution is 5.70. The fourth-order valence-electron chi connectivity index (χ4n) is 1.95. The molecule has 0 saturated heterocycles. The zero-order valence-corrected chi connectivity index (χ0v) is 11.7. The molecule has 0 bridgehead atoms. The molecule has 0 atom stereocenters. The van der Waals surface area contributed by atoms with Crippen LogP contribution in [0.3, 0.4) is 0 Å². The van der Waals surface area contributed by atoms with E-state index < -0.39 is 4.92 Å². The second kappa shape index (κ2) is 6.56. The maximum Gasteiger partial charge on any atom is 0.292 e. The van der Waals surface area contributed by atoms with Crippen LogP contribution in [0.5, 0.6) is 11.5 Å². The van der Waals surface area contributed by atoms with Gasteiger partial charge < -0.3 is 10.1 Å². The molecule has 0 saturated carbocycles. The molecule has 2 rings (SSSR count). The van der Waals surface area contributed by atoms with Gasteiger partial charge in [-0.15, -0.1) is 6.58 Å². The van der Waals surface area contributed by atoms with Gasteiger partial charge in [0, 0.05) is 18.2 Å². The van der Waals surface area contributed by atoms with Gasteiger partial charge in [-0.2, -0.15) is 0 Å².